The Hall–Kier alpha value is -3.58. The first-order valence-corrected chi connectivity index (χ1v) is 11.1. The average molecular weight is 443 g/mol. The van der Waals surface area contributed by atoms with Gasteiger partial charge < -0.3 is 15.6 Å². The number of anilines is 1. The lowest BCUT2D eigenvalue weighted by molar-refractivity contribution is -0.114. The Morgan fingerprint density at radius 1 is 1.12 bits per heavy atom. The highest BCUT2D eigenvalue weighted by atomic mass is 16.1. The SMILES string of the molecule is CC(=O)Nc1cc(CN[C@@H](C)C(C)(C)C)cc(-c2cnc3[nH]cc(-c4ccncn4)c3c2)c1. The number of rotatable bonds is 6. The van der Waals surface area contributed by atoms with Crippen molar-refractivity contribution in [1.82, 2.24) is 25.3 Å². The van der Waals surface area contributed by atoms with Crippen LogP contribution < -0.4 is 10.6 Å². The fourth-order valence-corrected chi connectivity index (χ4v) is 3.64. The first-order valence-electron chi connectivity index (χ1n) is 11.1. The van der Waals surface area contributed by atoms with Gasteiger partial charge in [-0.2, -0.15) is 0 Å². The van der Waals surface area contributed by atoms with E-state index in [1.54, 1.807) is 12.5 Å². The maximum absolute atomic E-state index is 11.8. The number of pyridine rings is 1. The van der Waals surface area contributed by atoms with E-state index in [-0.39, 0.29) is 11.3 Å². The zero-order valence-corrected chi connectivity index (χ0v) is 19.7. The van der Waals surface area contributed by atoms with Crippen LogP contribution in [-0.2, 0) is 11.3 Å². The molecule has 0 bridgehead atoms. The molecule has 1 amide bonds. The van der Waals surface area contributed by atoms with Crippen molar-refractivity contribution >= 4 is 22.6 Å². The van der Waals surface area contributed by atoms with E-state index in [1.807, 2.05) is 30.6 Å². The lowest BCUT2D eigenvalue weighted by atomic mass is 9.88. The minimum atomic E-state index is -0.0978. The third kappa shape index (κ3) is 5.26. The number of hydrogen-bond donors (Lipinski definition) is 3. The highest BCUT2D eigenvalue weighted by molar-refractivity contribution is 5.95. The number of hydrogen-bond acceptors (Lipinski definition) is 5. The van der Waals surface area contributed by atoms with E-state index in [2.05, 4.69) is 70.4 Å². The predicted molar refractivity (Wildman–Crippen MR) is 133 cm³/mol. The Morgan fingerprint density at radius 2 is 1.94 bits per heavy atom. The topological polar surface area (TPSA) is 95.6 Å². The van der Waals surface area contributed by atoms with Crippen LogP contribution in [0.3, 0.4) is 0 Å². The van der Waals surface area contributed by atoms with Gasteiger partial charge in [-0.15, -0.1) is 0 Å². The molecular formula is C26H30N6O. The van der Waals surface area contributed by atoms with Gasteiger partial charge in [-0.3, -0.25) is 4.79 Å². The van der Waals surface area contributed by atoms with Crippen LogP contribution in [0.5, 0.6) is 0 Å². The number of nitrogens with zero attached hydrogens (tertiary/aromatic N) is 3. The fraction of sp³-hybridized carbons (Fsp3) is 0.308. The van der Waals surface area contributed by atoms with Gasteiger partial charge in [-0.1, -0.05) is 20.8 Å². The van der Waals surface area contributed by atoms with Crippen molar-refractivity contribution in [1.29, 1.82) is 0 Å². The summed E-state index contributed by atoms with van der Waals surface area (Å²) in [5, 5.41) is 7.52. The Balaban J connectivity index is 1.73. The van der Waals surface area contributed by atoms with Gasteiger partial charge in [0.15, 0.2) is 0 Å². The molecule has 0 aliphatic rings. The maximum Gasteiger partial charge on any atom is 0.221 e. The zero-order valence-electron chi connectivity index (χ0n) is 19.7. The molecule has 4 rings (SSSR count). The van der Waals surface area contributed by atoms with E-state index in [0.717, 1.165) is 44.7 Å². The van der Waals surface area contributed by atoms with Crippen LogP contribution in [-0.4, -0.2) is 31.9 Å². The number of carbonyl (C=O) groups excluding carboxylic acids is 1. The lowest BCUT2D eigenvalue weighted by Crippen LogP contribution is -2.37. The van der Waals surface area contributed by atoms with Gasteiger partial charge in [-0.25, -0.2) is 15.0 Å². The number of amides is 1. The first-order chi connectivity index (χ1) is 15.7. The summed E-state index contributed by atoms with van der Waals surface area (Å²) in [6, 6.07) is 10.5. The normalized spacial score (nSPS) is 12.6. The second-order valence-corrected chi connectivity index (χ2v) is 9.49. The highest BCUT2D eigenvalue weighted by Crippen LogP contribution is 2.31. The molecule has 33 heavy (non-hydrogen) atoms. The van der Waals surface area contributed by atoms with Crippen LogP contribution in [0.4, 0.5) is 5.69 Å². The molecule has 7 heteroatoms. The van der Waals surface area contributed by atoms with Gasteiger partial charge in [0.1, 0.15) is 12.0 Å². The molecule has 7 nitrogen and oxygen atoms in total. The van der Waals surface area contributed by atoms with Crippen molar-refractivity contribution in [3.63, 3.8) is 0 Å². The maximum atomic E-state index is 11.8. The fourth-order valence-electron chi connectivity index (χ4n) is 3.64. The molecular weight excluding hydrogens is 412 g/mol. The van der Waals surface area contributed by atoms with E-state index in [1.165, 1.54) is 6.92 Å². The number of H-pyrrole nitrogens is 1. The van der Waals surface area contributed by atoms with Crippen molar-refractivity contribution in [3.05, 3.63) is 60.8 Å². The van der Waals surface area contributed by atoms with Crippen molar-refractivity contribution in [3.8, 4) is 22.4 Å². The van der Waals surface area contributed by atoms with E-state index in [0.29, 0.717) is 12.6 Å². The molecule has 0 unspecified atom stereocenters. The van der Waals surface area contributed by atoms with E-state index >= 15 is 0 Å². The Bertz CT molecular complexity index is 1270. The molecule has 0 radical (unpaired) electrons. The molecule has 1 atom stereocenters. The summed E-state index contributed by atoms with van der Waals surface area (Å²) in [6.45, 7) is 11.1. The van der Waals surface area contributed by atoms with E-state index < -0.39 is 0 Å². The van der Waals surface area contributed by atoms with Crippen LogP contribution in [0, 0.1) is 5.41 Å². The number of carbonyl (C=O) groups is 1. The first kappa shape index (κ1) is 22.6. The molecule has 3 N–H and O–H groups in total. The molecule has 1 aromatic carbocycles. The molecule has 0 fully saturated rings. The monoisotopic (exact) mass is 442 g/mol. The summed E-state index contributed by atoms with van der Waals surface area (Å²) < 4.78 is 0. The van der Waals surface area contributed by atoms with Gasteiger partial charge in [0.25, 0.3) is 0 Å². The van der Waals surface area contributed by atoms with Crippen LogP contribution in [0.1, 0.15) is 40.2 Å². The van der Waals surface area contributed by atoms with Crippen LogP contribution in [0.25, 0.3) is 33.4 Å². The third-order valence-electron chi connectivity index (χ3n) is 5.95. The second kappa shape index (κ2) is 9.11. The third-order valence-corrected chi connectivity index (χ3v) is 5.95. The molecule has 170 valence electrons. The molecule has 0 aliphatic heterocycles. The summed E-state index contributed by atoms with van der Waals surface area (Å²) in [7, 11) is 0. The minimum Gasteiger partial charge on any atom is -0.345 e. The summed E-state index contributed by atoms with van der Waals surface area (Å²) in [5.74, 6) is -0.0978. The molecule has 3 aromatic heterocycles. The highest BCUT2D eigenvalue weighted by Gasteiger charge is 2.19. The Labute approximate surface area is 194 Å². The quantitative estimate of drug-likeness (QED) is 0.383. The second-order valence-electron chi connectivity index (χ2n) is 9.49. The largest absolute Gasteiger partial charge is 0.345 e. The molecule has 3 heterocycles. The molecule has 0 saturated carbocycles. The molecule has 0 aliphatic carbocycles. The summed E-state index contributed by atoms with van der Waals surface area (Å²) >= 11 is 0. The minimum absolute atomic E-state index is 0.0978. The number of fused-ring (bicyclic) bond motifs is 1. The predicted octanol–water partition coefficient (Wildman–Crippen LogP) is 5.17. The van der Waals surface area contributed by atoms with E-state index in [4.69, 9.17) is 0 Å². The van der Waals surface area contributed by atoms with Gasteiger partial charge in [0, 0.05) is 60.3 Å². The number of aromatic nitrogens is 4. The van der Waals surface area contributed by atoms with Gasteiger partial charge in [0.05, 0.1) is 5.69 Å². The van der Waals surface area contributed by atoms with Gasteiger partial charge in [-0.05, 0) is 53.8 Å². The zero-order chi connectivity index (χ0) is 23.6. The van der Waals surface area contributed by atoms with Crippen LogP contribution >= 0.6 is 0 Å². The Kier molecular flexibility index (Phi) is 6.24. The molecule has 4 aromatic rings. The van der Waals surface area contributed by atoms with Gasteiger partial charge in [0.2, 0.25) is 5.91 Å². The average Bonchev–Trinajstić information content (AvgIpc) is 3.20. The van der Waals surface area contributed by atoms with Crippen molar-refractivity contribution < 1.29 is 4.79 Å². The summed E-state index contributed by atoms with van der Waals surface area (Å²) in [6.07, 6.45) is 7.04. The van der Waals surface area contributed by atoms with Crippen molar-refractivity contribution in [2.45, 2.75) is 47.2 Å². The molecule has 0 saturated heterocycles. The Morgan fingerprint density at radius 3 is 2.64 bits per heavy atom. The van der Waals surface area contributed by atoms with Crippen molar-refractivity contribution in [2.75, 3.05) is 5.32 Å². The smallest absolute Gasteiger partial charge is 0.221 e. The van der Waals surface area contributed by atoms with Crippen LogP contribution in [0.15, 0.2) is 55.2 Å². The summed E-state index contributed by atoms with van der Waals surface area (Å²) in [5.41, 5.74) is 6.58. The van der Waals surface area contributed by atoms with E-state index in [9.17, 15) is 4.79 Å². The molecule has 0 spiro atoms. The number of aromatic amines is 1. The van der Waals surface area contributed by atoms with Crippen molar-refractivity contribution in [2.24, 2.45) is 5.41 Å². The number of benzene rings is 1. The lowest BCUT2D eigenvalue weighted by Gasteiger charge is -2.28. The van der Waals surface area contributed by atoms with Gasteiger partial charge >= 0.3 is 0 Å². The summed E-state index contributed by atoms with van der Waals surface area (Å²) in [4.78, 5) is 28.0. The standard InChI is InChI=1S/C26H30N6O/c1-16(26(3,4)5)28-12-18-8-19(10-21(9-18)32-17(2)33)20-11-22-23(14-30-25(22)29-13-20)24-6-7-27-15-31-24/h6-11,13-16,28H,12H2,1-5H3,(H,29,30)(H,32,33)/t16-/m0/s1. The number of nitrogens with one attached hydrogen (secondary N) is 3. The van der Waals surface area contributed by atoms with Crippen LogP contribution in [0.2, 0.25) is 0 Å².